The first kappa shape index (κ1) is 14.1. The van der Waals surface area contributed by atoms with Gasteiger partial charge < -0.3 is 10.6 Å². The summed E-state index contributed by atoms with van der Waals surface area (Å²) in [4.78, 5) is 14.9. The first-order valence-electron chi connectivity index (χ1n) is 7.44. The SMILES string of the molecule is CCC(c1cc2ccccc2n(N)c1=O)N1CCOCC1. The zero-order valence-corrected chi connectivity index (χ0v) is 12.3. The van der Waals surface area contributed by atoms with Crippen molar-refractivity contribution in [3.05, 3.63) is 46.2 Å². The quantitative estimate of drug-likeness (QED) is 0.869. The first-order chi connectivity index (χ1) is 10.2. The van der Waals surface area contributed by atoms with Crippen LogP contribution in [0.25, 0.3) is 10.9 Å². The van der Waals surface area contributed by atoms with E-state index in [0.29, 0.717) is 0 Å². The van der Waals surface area contributed by atoms with Gasteiger partial charge in [0.05, 0.1) is 18.7 Å². The number of rotatable bonds is 3. The van der Waals surface area contributed by atoms with Crippen LogP contribution < -0.4 is 11.4 Å². The van der Waals surface area contributed by atoms with Gasteiger partial charge in [-0.3, -0.25) is 9.69 Å². The van der Waals surface area contributed by atoms with Crippen LogP contribution in [0.2, 0.25) is 0 Å². The maximum absolute atomic E-state index is 12.6. The van der Waals surface area contributed by atoms with Crippen molar-refractivity contribution in [2.45, 2.75) is 19.4 Å². The molecule has 0 aliphatic carbocycles. The fourth-order valence-corrected chi connectivity index (χ4v) is 3.11. The summed E-state index contributed by atoms with van der Waals surface area (Å²) in [6, 6.07) is 9.81. The molecule has 1 unspecified atom stereocenters. The molecule has 2 aromatic rings. The number of nitrogen functional groups attached to an aromatic ring is 1. The summed E-state index contributed by atoms with van der Waals surface area (Å²) >= 11 is 0. The third kappa shape index (κ3) is 2.54. The van der Waals surface area contributed by atoms with E-state index in [1.54, 1.807) is 0 Å². The molecule has 1 aromatic heterocycles. The number of benzene rings is 1. The van der Waals surface area contributed by atoms with E-state index in [1.165, 1.54) is 4.68 Å². The van der Waals surface area contributed by atoms with Crippen LogP contribution in [0.5, 0.6) is 0 Å². The van der Waals surface area contributed by atoms with E-state index in [-0.39, 0.29) is 11.6 Å². The maximum Gasteiger partial charge on any atom is 0.274 e. The molecule has 1 atom stereocenters. The van der Waals surface area contributed by atoms with Crippen molar-refractivity contribution in [3.8, 4) is 0 Å². The second-order valence-electron chi connectivity index (χ2n) is 5.41. The number of nitrogens with zero attached hydrogens (tertiary/aromatic N) is 2. The highest BCUT2D eigenvalue weighted by atomic mass is 16.5. The molecule has 1 saturated heterocycles. The lowest BCUT2D eigenvalue weighted by Crippen LogP contribution is -2.42. The second-order valence-corrected chi connectivity index (χ2v) is 5.41. The molecule has 2 heterocycles. The molecule has 0 bridgehead atoms. The molecule has 3 rings (SSSR count). The van der Waals surface area contributed by atoms with E-state index in [4.69, 9.17) is 10.6 Å². The number of aromatic nitrogens is 1. The van der Waals surface area contributed by atoms with E-state index >= 15 is 0 Å². The van der Waals surface area contributed by atoms with Crippen molar-refractivity contribution >= 4 is 10.9 Å². The van der Waals surface area contributed by atoms with Crippen LogP contribution in [-0.4, -0.2) is 35.9 Å². The van der Waals surface area contributed by atoms with Gasteiger partial charge in [-0.2, -0.15) is 0 Å². The Bertz CT molecular complexity index is 689. The normalized spacial score (nSPS) is 18.0. The van der Waals surface area contributed by atoms with Crippen LogP contribution in [0.3, 0.4) is 0 Å². The molecule has 0 spiro atoms. The highest BCUT2D eigenvalue weighted by Crippen LogP contribution is 2.24. The molecule has 1 fully saturated rings. The monoisotopic (exact) mass is 287 g/mol. The van der Waals surface area contributed by atoms with Gasteiger partial charge in [0.25, 0.3) is 5.56 Å². The number of ether oxygens (including phenoxy) is 1. The van der Waals surface area contributed by atoms with Crippen LogP contribution in [0, 0.1) is 0 Å². The maximum atomic E-state index is 12.6. The number of pyridine rings is 1. The highest BCUT2D eigenvalue weighted by Gasteiger charge is 2.24. The van der Waals surface area contributed by atoms with Gasteiger partial charge >= 0.3 is 0 Å². The summed E-state index contributed by atoms with van der Waals surface area (Å²) in [7, 11) is 0. The van der Waals surface area contributed by atoms with Gasteiger partial charge in [-0.15, -0.1) is 0 Å². The Morgan fingerprint density at radius 3 is 2.71 bits per heavy atom. The number of nitrogens with two attached hydrogens (primary N) is 1. The van der Waals surface area contributed by atoms with Gasteiger partial charge in [0.1, 0.15) is 0 Å². The zero-order chi connectivity index (χ0) is 14.8. The number of fused-ring (bicyclic) bond motifs is 1. The molecule has 1 aliphatic rings. The standard InChI is InChI=1S/C16H21N3O2/c1-2-14(18-7-9-21-10-8-18)13-11-12-5-3-4-6-15(12)19(17)16(13)20/h3-6,11,14H,2,7-10,17H2,1H3. The summed E-state index contributed by atoms with van der Waals surface area (Å²) in [6.07, 6.45) is 0.883. The average molecular weight is 287 g/mol. The Morgan fingerprint density at radius 2 is 2.00 bits per heavy atom. The molecule has 5 heteroatoms. The third-order valence-electron chi connectivity index (χ3n) is 4.21. The van der Waals surface area contributed by atoms with Gasteiger partial charge in [0, 0.05) is 30.1 Å². The molecule has 0 amide bonds. The first-order valence-corrected chi connectivity index (χ1v) is 7.44. The van der Waals surface area contributed by atoms with Crippen molar-refractivity contribution in [1.82, 2.24) is 9.58 Å². The lowest BCUT2D eigenvalue weighted by atomic mass is 10.0. The third-order valence-corrected chi connectivity index (χ3v) is 4.21. The van der Waals surface area contributed by atoms with Crippen molar-refractivity contribution in [2.75, 3.05) is 32.1 Å². The van der Waals surface area contributed by atoms with Gasteiger partial charge in [0.15, 0.2) is 0 Å². The fraction of sp³-hybridized carbons (Fsp3) is 0.438. The van der Waals surface area contributed by atoms with Crippen molar-refractivity contribution in [3.63, 3.8) is 0 Å². The molecule has 21 heavy (non-hydrogen) atoms. The Morgan fingerprint density at radius 1 is 1.29 bits per heavy atom. The van der Waals surface area contributed by atoms with E-state index in [2.05, 4.69) is 11.8 Å². The van der Waals surface area contributed by atoms with E-state index in [9.17, 15) is 4.79 Å². The van der Waals surface area contributed by atoms with E-state index in [1.807, 2.05) is 30.3 Å². The van der Waals surface area contributed by atoms with Crippen LogP contribution in [0.4, 0.5) is 0 Å². The Hall–Kier alpha value is -1.85. The fourth-order valence-electron chi connectivity index (χ4n) is 3.11. The summed E-state index contributed by atoms with van der Waals surface area (Å²) in [6.45, 7) is 5.27. The molecule has 0 saturated carbocycles. The van der Waals surface area contributed by atoms with E-state index in [0.717, 1.165) is 49.2 Å². The Balaban J connectivity index is 2.09. The number of morpholine rings is 1. The Labute approximate surface area is 123 Å². The van der Waals surface area contributed by atoms with Crippen molar-refractivity contribution < 1.29 is 4.74 Å². The van der Waals surface area contributed by atoms with Crippen molar-refractivity contribution in [2.24, 2.45) is 0 Å². The van der Waals surface area contributed by atoms with Gasteiger partial charge in [-0.1, -0.05) is 25.1 Å². The smallest absolute Gasteiger partial charge is 0.274 e. The van der Waals surface area contributed by atoms with Crippen LogP contribution in [0.1, 0.15) is 24.9 Å². The second kappa shape index (κ2) is 5.87. The summed E-state index contributed by atoms with van der Waals surface area (Å²) in [5, 5.41) is 1.00. The lowest BCUT2D eigenvalue weighted by Gasteiger charge is -2.34. The minimum absolute atomic E-state index is 0.0980. The molecule has 5 nitrogen and oxygen atoms in total. The number of hydrogen-bond donors (Lipinski definition) is 1. The zero-order valence-electron chi connectivity index (χ0n) is 12.3. The number of hydrogen-bond acceptors (Lipinski definition) is 4. The van der Waals surface area contributed by atoms with Crippen molar-refractivity contribution in [1.29, 1.82) is 0 Å². The predicted molar refractivity (Wildman–Crippen MR) is 83.8 cm³/mol. The van der Waals surface area contributed by atoms with Gasteiger partial charge in [-0.05, 0) is 18.6 Å². The summed E-state index contributed by atoms with van der Waals surface area (Å²) < 4.78 is 6.68. The highest BCUT2D eigenvalue weighted by molar-refractivity contribution is 5.79. The molecule has 112 valence electrons. The molecule has 0 radical (unpaired) electrons. The molecule has 2 N–H and O–H groups in total. The topological polar surface area (TPSA) is 60.5 Å². The van der Waals surface area contributed by atoms with Crippen LogP contribution >= 0.6 is 0 Å². The molecular formula is C16H21N3O2. The molecule has 1 aliphatic heterocycles. The Kier molecular flexibility index (Phi) is 3.94. The lowest BCUT2D eigenvalue weighted by molar-refractivity contribution is 0.0149. The molecular weight excluding hydrogens is 266 g/mol. The van der Waals surface area contributed by atoms with Crippen LogP contribution in [0.15, 0.2) is 35.1 Å². The minimum Gasteiger partial charge on any atom is -0.379 e. The minimum atomic E-state index is -0.105. The number of para-hydroxylation sites is 1. The summed E-state index contributed by atoms with van der Waals surface area (Å²) in [5.41, 5.74) is 1.44. The van der Waals surface area contributed by atoms with Gasteiger partial charge in [-0.25, -0.2) is 4.68 Å². The largest absolute Gasteiger partial charge is 0.379 e. The predicted octanol–water partition coefficient (Wildman–Crippen LogP) is 1.50. The molecule has 1 aromatic carbocycles. The van der Waals surface area contributed by atoms with Gasteiger partial charge in [0.2, 0.25) is 0 Å². The summed E-state index contributed by atoms with van der Waals surface area (Å²) in [5.74, 6) is 6.00. The van der Waals surface area contributed by atoms with E-state index < -0.39 is 0 Å². The van der Waals surface area contributed by atoms with Crippen LogP contribution in [-0.2, 0) is 4.74 Å². The average Bonchev–Trinajstić information content (AvgIpc) is 2.54.